The third-order valence-electron chi connectivity index (χ3n) is 4.98. The van der Waals surface area contributed by atoms with Crippen molar-refractivity contribution in [3.05, 3.63) is 12.2 Å². The van der Waals surface area contributed by atoms with Gasteiger partial charge in [0.1, 0.15) is 0 Å². The molecule has 0 N–H and O–H groups in total. The summed E-state index contributed by atoms with van der Waals surface area (Å²) in [6, 6.07) is 0. The van der Waals surface area contributed by atoms with Crippen molar-refractivity contribution in [1.29, 1.82) is 0 Å². The Hall–Kier alpha value is -1.36. The van der Waals surface area contributed by atoms with Crippen molar-refractivity contribution < 1.29 is 23.8 Å². The number of carbonyl (C=O) groups is 2. The highest BCUT2D eigenvalue weighted by Gasteiger charge is 2.59. The number of methoxy groups -OCH3 is 2. The standard InChI is InChI=1S/C16H24O5/c1-10-8-16(13(17)19-4,14(18)20-5)9-12(10)15(3)7-6-11(2)21-15/h11-12H,1,6-9H2,2-5H3/t11-,12-,15-/m0/s1. The summed E-state index contributed by atoms with van der Waals surface area (Å²) in [7, 11) is 2.58. The first kappa shape index (κ1) is 16.0. The van der Waals surface area contributed by atoms with E-state index in [1.54, 1.807) is 0 Å². The van der Waals surface area contributed by atoms with Crippen LogP contribution >= 0.6 is 0 Å². The van der Waals surface area contributed by atoms with Gasteiger partial charge in [-0.15, -0.1) is 0 Å². The molecule has 0 aromatic carbocycles. The number of hydrogen-bond acceptors (Lipinski definition) is 5. The molecule has 0 unspecified atom stereocenters. The summed E-state index contributed by atoms with van der Waals surface area (Å²) < 4.78 is 15.8. The van der Waals surface area contributed by atoms with E-state index in [1.165, 1.54) is 14.2 Å². The van der Waals surface area contributed by atoms with Gasteiger partial charge in [-0.2, -0.15) is 0 Å². The minimum atomic E-state index is -1.27. The number of ether oxygens (including phenoxy) is 3. The molecule has 1 saturated carbocycles. The first-order chi connectivity index (χ1) is 9.79. The van der Waals surface area contributed by atoms with Gasteiger partial charge in [0, 0.05) is 5.92 Å². The molecule has 2 fully saturated rings. The van der Waals surface area contributed by atoms with Gasteiger partial charge < -0.3 is 14.2 Å². The molecule has 1 aliphatic heterocycles. The van der Waals surface area contributed by atoms with Gasteiger partial charge in [0.2, 0.25) is 0 Å². The van der Waals surface area contributed by atoms with Crippen molar-refractivity contribution in [3.8, 4) is 0 Å². The Morgan fingerprint density at radius 3 is 2.29 bits per heavy atom. The third-order valence-corrected chi connectivity index (χ3v) is 4.98. The van der Waals surface area contributed by atoms with E-state index < -0.39 is 17.4 Å². The molecule has 0 aromatic heterocycles. The van der Waals surface area contributed by atoms with Crippen LogP contribution in [0.15, 0.2) is 12.2 Å². The van der Waals surface area contributed by atoms with E-state index in [-0.39, 0.29) is 24.0 Å². The van der Waals surface area contributed by atoms with Gasteiger partial charge in [-0.1, -0.05) is 12.2 Å². The number of rotatable bonds is 3. The van der Waals surface area contributed by atoms with E-state index in [0.29, 0.717) is 6.42 Å². The molecule has 3 atom stereocenters. The van der Waals surface area contributed by atoms with Crippen LogP contribution in [-0.4, -0.2) is 37.9 Å². The molecule has 0 bridgehead atoms. The molecule has 0 aromatic rings. The number of hydrogen-bond donors (Lipinski definition) is 0. The minimum absolute atomic E-state index is 0.0411. The van der Waals surface area contributed by atoms with E-state index >= 15 is 0 Å². The predicted molar refractivity (Wildman–Crippen MR) is 76.5 cm³/mol. The van der Waals surface area contributed by atoms with Crippen LogP contribution in [0.4, 0.5) is 0 Å². The lowest BCUT2D eigenvalue weighted by Gasteiger charge is -2.33. The fourth-order valence-electron chi connectivity index (χ4n) is 3.83. The Kier molecular flexibility index (Phi) is 4.15. The fourth-order valence-corrected chi connectivity index (χ4v) is 3.83. The van der Waals surface area contributed by atoms with E-state index in [2.05, 4.69) is 6.58 Å². The lowest BCUT2D eigenvalue weighted by molar-refractivity contribution is -0.169. The third kappa shape index (κ3) is 2.48. The molecule has 1 heterocycles. The zero-order chi connectivity index (χ0) is 15.8. The Morgan fingerprint density at radius 1 is 1.29 bits per heavy atom. The Morgan fingerprint density at radius 2 is 1.86 bits per heavy atom. The largest absolute Gasteiger partial charge is 0.468 e. The second-order valence-electron chi connectivity index (χ2n) is 6.44. The molecule has 5 heteroatoms. The van der Waals surface area contributed by atoms with Crippen LogP contribution in [0.3, 0.4) is 0 Å². The van der Waals surface area contributed by atoms with E-state index in [4.69, 9.17) is 14.2 Å². The maximum absolute atomic E-state index is 12.2. The zero-order valence-corrected chi connectivity index (χ0v) is 13.2. The Balaban J connectivity index is 2.31. The van der Waals surface area contributed by atoms with Crippen LogP contribution in [0.2, 0.25) is 0 Å². The maximum Gasteiger partial charge on any atom is 0.323 e. The summed E-state index contributed by atoms with van der Waals surface area (Å²) in [5.41, 5.74) is -0.786. The van der Waals surface area contributed by atoms with Crippen LogP contribution < -0.4 is 0 Å². The first-order valence-corrected chi connectivity index (χ1v) is 7.31. The van der Waals surface area contributed by atoms with Crippen LogP contribution in [0.25, 0.3) is 0 Å². The second-order valence-corrected chi connectivity index (χ2v) is 6.44. The zero-order valence-electron chi connectivity index (χ0n) is 13.2. The smallest absolute Gasteiger partial charge is 0.323 e. The molecule has 118 valence electrons. The second kappa shape index (κ2) is 5.44. The van der Waals surface area contributed by atoms with Gasteiger partial charge in [0.15, 0.2) is 5.41 Å². The monoisotopic (exact) mass is 296 g/mol. The van der Waals surface area contributed by atoms with E-state index in [0.717, 1.165) is 18.4 Å². The molecule has 0 amide bonds. The summed E-state index contributed by atoms with van der Waals surface area (Å²) in [6.45, 7) is 8.16. The van der Waals surface area contributed by atoms with Crippen molar-refractivity contribution in [2.45, 2.75) is 51.2 Å². The average molecular weight is 296 g/mol. The number of carbonyl (C=O) groups excluding carboxylic acids is 2. The van der Waals surface area contributed by atoms with Gasteiger partial charge in [-0.3, -0.25) is 9.59 Å². The van der Waals surface area contributed by atoms with Crippen LogP contribution in [-0.2, 0) is 23.8 Å². The lowest BCUT2D eigenvalue weighted by atomic mass is 9.79. The maximum atomic E-state index is 12.2. The van der Waals surface area contributed by atoms with Crippen LogP contribution in [0.1, 0.15) is 39.5 Å². The molecule has 1 saturated heterocycles. The quantitative estimate of drug-likeness (QED) is 0.454. The molecule has 2 aliphatic rings. The van der Waals surface area contributed by atoms with Crippen molar-refractivity contribution >= 4 is 11.9 Å². The summed E-state index contributed by atoms with van der Waals surface area (Å²) in [5, 5.41) is 0. The topological polar surface area (TPSA) is 61.8 Å². The summed E-state index contributed by atoms with van der Waals surface area (Å²) in [6.07, 6.45) is 2.67. The fraction of sp³-hybridized carbons (Fsp3) is 0.750. The average Bonchev–Trinajstić information content (AvgIpc) is 2.99. The minimum Gasteiger partial charge on any atom is -0.468 e. The highest BCUT2D eigenvalue weighted by atomic mass is 16.5. The van der Waals surface area contributed by atoms with Gasteiger partial charge in [0.05, 0.1) is 25.9 Å². The number of esters is 2. The van der Waals surface area contributed by atoms with Crippen LogP contribution in [0.5, 0.6) is 0 Å². The van der Waals surface area contributed by atoms with Crippen molar-refractivity contribution in [2.24, 2.45) is 11.3 Å². The Bertz CT molecular complexity index is 453. The summed E-state index contributed by atoms with van der Waals surface area (Å²) >= 11 is 0. The van der Waals surface area contributed by atoms with Crippen molar-refractivity contribution in [2.75, 3.05) is 14.2 Å². The lowest BCUT2D eigenvalue weighted by Crippen LogP contribution is -2.41. The van der Waals surface area contributed by atoms with E-state index in [9.17, 15) is 9.59 Å². The Labute approximate surface area is 125 Å². The summed E-state index contributed by atoms with van der Waals surface area (Å²) in [4.78, 5) is 24.4. The highest BCUT2D eigenvalue weighted by molar-refractivity contribution is 6.01. The molecule has 2 rings (SSSR count). The van der Waals surface area contributed by atoms with E-state index in [1.807, 2.05) is 13.8 Å². The molecular formula is C16H24O5. The van der Waals surface area contributed by atoms with Gasteiger partial charge in [-0.05, 0) is 39.5 Å². The SMILES string of the molecule is C=C1CC(C(=O)OC)(C(=O)OC)C[C@@H]1[C@]1(C)CC[C@H](C)O1. The molecular weight excluding hydrogens is 272 g/mol. The van der Waals surface area contributed by atoms with Crippen LogP contribution in [0, 0.1) is 11.3 Å². The molecule has 1 aliphatic carbocycles. The molecule has 0 radical (unpaired) electrons. The molecule has 0 spiro atoms. The highest BCUT2D eigenvalue weighted by Crippen LogP contribution is 2.54. The van der Waals surface area contributed by atoms with Gasteiger partial charge in [0.25, 0.3) is 0 Å². The summed E-state index contributed by atoms with van der Waals surface area (Å²) in [5.74, 6) is -1.14. The first-order valence-electron chi connectivity index (χ1n) is 7.31. The normalized spacial score (nSPS) is 34.8. The molecule has 21 heavy (non-hydrogen) atoms. The predicted octanol–water partition coefficient (Wildman–Crippen LogP) is 2.24. The van der Waals surface area contributed by atoms with Gasteiger partial charge in [-0.25, -0.2) is 0 Å². The van der Waals surface area contributed by atoms with Crippen molar-refractivity contribution in [1.82, 2.24) is 0 Å². The van der Waals surface area contributed by atoms with Crippen molar-refractivity contribution in [3.63, 3.8) is 0 Å². The van der Waals surface area contributed by atoms with Gasteiger partial charge >= 0.3 is 11.9 Å². The molecule has 5 nitrogen and oxygen atoms in total.